The van der Waals surface area contributed by atoms with Crippen molar-refractivity contribution in [1.29, 1.82) is 0 Å². The molecule has 2 atom stereocenters. The van der Waals surface area contributed by atoms with E-state index < -0.39 is 0 Å². The summed E-state index contributed by atoms with van der Waals surface area (Å²) < 4.78 is 12.0. The smallest absolute Gasteiger partial charge is 0.158 e. The van der Waals surface area contributed by atoms with Gasteiger partial charge in [-0.3, -0.25) is 0 Å². The third-order valence-corrected chi connectivity index (χ3v) is 3.89. The molecule has 1 heterocycles. The van der Waals surface area contributed by atoms with E-state index in [2.05, 4.69) is 48.5 Å². The van der Waals surface area contributed by atoms with Gasteiger partial charge in [0.05, 0.1) is 6.10 Å². The van der Waals surface area contributed by atoms with E-state index in [1.54, 1.807) is 0 Å². The molecule has 2 aromatic rings. The van der Waals surface area contributed by atoms with Gasteiger partial charge in [0.2, 0.25) is 0 Å². The first kappa shape index (κ1) is 14.3. The van der Waals surface area contributed by atoms with Crippen LogP contribution in [0.2, 0.25) is 0 Å². The van der Waals surface area contributed by atoms with Crippen LogP contribution in [-0.2, 0) is 15.9 Å². The lowest BCUT2D eigenvalue weighted by atomic mass is 10.0. The summed E-state index contributed by atoms with van der Waals surface area (Å²) in [6.07, 6.45) is 4.21. The highest BCUT2D eigenvalue weighted by Crippen LogP contribution is 2.27. The largest absolute Gasteiger partial charge is 0.353 e. The number of hydrogen-bond donors (Lipinski definition) is 0. The van der Waals surface area contributed by atoms with Crippen LogP contribution in [0.4, 0.5) is 0 Å². The molecule has 0 radical (unpaired) electrons. The minimum absolute atomic E-state index is 0.0525. The number of rotatable bonds is 5. The fourth-order valence-corrected chi connectivity index (χ4v) is 2.74. The summed E-state index contributed by atoms with van der Waals surface area (Å²) in [7, 11) is 0. The maximum Gasteiger partial charge on any atom is 0.158 e. The van der Waals surface area contributed by atoms with E-state index in [0.717, 1.165) is 25.9 Å². The fraction of sp³-hybridized carbons (Fsp3) is 0.368. The van der Waals surface area contributed by atoms with Gasteiger partial charge in [0, 0.05) is 13.0 Å². The number of benzene rings is 2. The predicted octanol–water partition coefficient (Wildman–Crippen LogP) is 4.51. The minimum atomic E-state index is -0.0623. The third-order valence-electron chi connectivity index (χ3n) is 3.89. The highest BCUT2D eigenvalue weighted by Gasteiger charge is 2.21. The van der Waals surface area contributed by atoms with Gasteiger partial charge in [0.25, 0.3) is 0 Å². The summed E-state index contributed by atoms with van der Waals surface area (Å²) in [5, 5.41) is 0. The van der Waals surface area contributed by atoms with E-state index in [1.165, 1.54) is 17.5 Å². The average Bonchev–Trinajstić information content (AvgIpc) is 2.57. The highest BCUT2D eigenvalue weighted by molar-refractivity contribution is 5.22. The van der Waals surface area contributed by atoms with Crippen LogP contribution in [0.5, 0.6) is 0 Å². The van der Waals surface area contributed by atoms with Crippen molar-refractivity contribution in [3.8, 4) is 0 Å². The van der Waals surface area contributed by atoms with Gasteiger partial charge in [-0.25, -0.2) is 0 Å². The Kier molecular flexibility index (Phi) is 5.03. The zero-order chi connectivity index (χ0) is 14.3. The number of hydrogen-bond acceptors (Lipinski definition) is 2. The van der Waals surface area contributed by atoms with Crippen molar-refractivity contribution in [2.24, 2.45) is 0 Å². The molecular weight excluding hydrogens is 260 g/mol. The molecule has 2 aromatic carbocycles. The van der Waals surface area contributed by atoms with Gasteiger partial charge < -0.3 is 9.47 Å². The van der Waals surface area contributed by atoms with Crippen molar-refractivity contribution in [3.63, 3.8) is 0 Å². The quantitative estimate of drug-likeness (QED) is 0.803. The average molecular weight is 282 g/mol. The Morgan fingerprint density at radius 2 is 1.67 bits per heavy atom. The molecule has 21 heavy (non-hydrogen) atoms. The second kappa shape index (κ2) is 7.39. The van der Waals surface area contributed by atoms with E-state index in [0.29, 0.717) is 0 Å². The molecule has 1 saturated heterocycles. The van der Waals surface area contributed by atoms with Gasteiger partial charge in [-0.05, 0) is 30.4 Å². The van der Waals surface area contributed by atoms with Crippen molar-refractivity contribution in [3.05, 3.63) is 71.8 Å². The van der Waals surface area contributed by atoms with Crippen molar-refractivity contribution >= 4 is 0 Å². The Morgan fingerprint density at radius 3 is 2.33 bits per heavy atom. The molecule has 2 nitrogen and oxygen atoms in total. The van der Waals surface area contributed by atoms with Gasteiger partial charge in [-0.15, -0.1) is 0 Å². The molecule has 0 N–H and O–H groups in total. The molecule has 0 aliphatic carbocycles. The van der Waals surface area contributed by atoms with Crippen LogP contribution in [0.25, 0.3) is 0 Å². The lowest BCUT2D eigenvalue weighted by Crippen LogP contribution is -2.25. The molecule has 1 aliphatic rings. The standard InChI is InChI=1S/C19H22O2/c1-3-9-16(10-4-1)15-18(17-11-5-2-6-12-17)21-19-13-7-8-14-20-19/h1-6,9-12,18-19H,7-8,13-15H2. The summed E-state index contributed by atoms with van der Waals surface area (Å²) in [4.78, 5) is 0. The highest BCUT2D eigenvalue weighted by atomic mass is 16.7. The molecule has 2 heteroatoms. The molecular formula is C19H22O2. The number of ether oxygens (including phenoxy) is 2. The normalized spacial score (nSPS) is 20.1. The Bertz CT molecular complexity index is 518. The SMILES string of the molecule is c1ccc(CC(OC2CCCCO2)c2ccccc2)cc1. The Morgan fingerprint density at radius 1 is 0.952 bits per heavy atom. The molecule has 0 aromatic heterocycles. The van der Waals surface area contributed by atoms with Crippen molar-refractivity contribution in [1.82, 2.24) is 0 Å². The summed E-state index contributed by atoms with van der Waals surface area (Å²) >= 11 is 0. The van der Waals surface area contributed by atoms with Gasteiger partial charge in [-0.2, -0.15) is 0 Å². The van der Waals surface area contributed by atoms with Crippen LogP contribution in [0.3, 0.4) is 0 Å². The third kappa shape index (κ3) is 4.16. The predicted molar refractivity (Wildman–Crippen MR) is 84.0 cm³/mol. The van der Waals surface area contributed by atoms with E-state index in [-0.39, 0.29) is 12.4 Å². The van der Waals surface area contributed by atoms with Crippen LogP contribution in [0.15, 0.2) is 60.7 Å². The first-order chi connectivity index (χ1) is 10.4. The topological polar surface area (TPSA) is 18.5 Å². The summed E-state index contributed by atoms with van der Waals surface area (Å²) in [5.41, 5.74) is 2.51. The maximum atomic E-state index is 6.26. The molecule has 0 bridgehead atoms. The fourth-order valence-electron chi connectivity index (χ4n) is 2.74. The maximum absolute atomic E-state index is 6.26. The molecule has 1 aliphatic heterocycles. The van der Waals surface area contributed by atoms with Gasteiger partial charge in [0.1, 0.15) is 0 Å². The lowest BCUT2D eigenvalue weighted by Gasteiger charge is -2.28. The van der Waals surface area contributed by atoms with Crippen molar-refractivity contribution < 1.29 is 9.47 Å². The van der Waals surface area contributed by atoms with Crippen LogP contribution >= 0.6 is 0 Å². The summed E-state index contributed by atoms with van der Waals surface area (Å²) in [6.45, 7) is 0.817. The Balaban J connectivity index is 1.74. The first-order valence-electron chi connectivity index (χ1n) is 7.78. The van der Waals surface area contributed by atoms with Crippen molar-refractivity contribution in [2.45, 2.75) is 38.1 Å². The molecule has 0 saturated carbocycles. The van der Waals surface area contributed by atoms with Crippen LogP contribution in [-0.4, -0.2) is 12.9 Å². The first-order valence-corrected chi connectivity index (χ1v) is 7.78. The van der Waals surface area contributed by atoms with E-state index in [9.17, 15) is 0 Å². The molecule has 110 valence electrons. The van der Waals surface area contributed by atoms with E-state index in [1.807, 2.05) is 12.1 Å². The van der Waals surface area contributed by atoms with Crippen LogP contribution in [0.1, 0.15) is 36.5 Å². The summed E-state index contributed by atoms with van der Waals surface area (Å²) in [5.74, 6) is 0. The van der Waals surface area contributed by atoms with Gasteiger partial charge in [-0.1, -0.05) is 60.7 Å². The molecule has 2 unspecified atom stereocenters. The van der Waals surface area contributed by atoms with Gasteiger partial charge in [0.15, 0.2) is 6.29 Å². The molecule has 1 fully saturated rings. The molecule has 3 rings (SSSR count). The van der Waals surface area contributed by atoms with Crippen LogP contribution < -0.4 is 0 Å². The van der Waals surface area contributed by atoms with E-state index >= 15 is 0 Å². The summed E-state index contributed by atoms with van der Waals surface area (Å²) in [6, 6.07) is 21.0. The Labute approximate surface area is 126 Å². The van der Waals surface area contributed by atoms with Gasteiger partial charge >= 0.3 is 0 Å². The zero-order valence-electron chi connectivity index (χ0n) is 12.3. The lowest BCUT2D eigenvalue weighted by molar-refractivity contribution is -0.189. The molecule has 0 spiro atoms. The monoisotopic (exact) mass is 282 g/mol. The van der Waals surface area contributed by atoms with Crippen molar-refractivity contribution in [2.75, 3.05) is 6.61 Å². The van der Waals surface area contributed by atoms with Crippen LogP contribution in [0, 0.1) is 0 Å². The second-order valence-electron chi connectivity index (χ2n) is 5.52. The zero-order valence-corrected chi connectivity index (χ0v) is 12.3. The van der Waals surface area contributed by atoms with E-state index in [4.69, 9.17) is 9.47 Å². The minimum Gasteiger partial charge on any atom is -0.353 e. The molecule has 0 amide bonds. The Hall–Kier alpha value is -1.64. The second-order valence-corrected chi connectivity index (χ2v) is 5.52.